The number of nitrogens with one attached hydrogen (secondary N) is 1. The second-order valence-electron chi connectivity index (χ2n) is 12.3. The fourth-order valence-corrected chi connectivity index (χ4v) is 7.69. The number of ether oxygens (including phenoxy) is 1. The molecule has 0 saturated carbocycles. The number of phenolic OH excluding ortho intramolecular Hbond substituents is 1. The normalized spacial score (nSPS) is 27.6. The molecule has 4 fully saturated rings. The third-order valence-electron chi connectivity index (χ3n) is 9.59. The summed E-state index contributed by atoms with van der Waals surface area (Å²) in [4.78, 5) is 18.8. The van der Waals surface area contributed by atoms with Gasteiger partial charge in [0.25, 0.3) is 0 Å². The molecule has 2 aromatic carbocycles. The topological polar surface area (TPSA) is 86.6 Å². The van der Waals surface area contributed by atoms with Crippen molar-refractivity contribution in [1.82, 2.24) is 25.2 Å². The average Bonchev–Trinajstić information content (AvgIpc) is 3.61. The smallest absolute Gasteiger partial charge is 0.321 e. The van der Waals surface area contributed by atoms with Crippen LogP contribution >= 0.6 is 0 Å². The van der Waals surface area contributed by atoms with Crippen molar-refractivity contribution in [3.63, 3.8) is 0 Å². The average molecular weight is 565 g/mol. The van der Waals surface area contributed by atoms with Crippen LogP contribution in [0.4, 0.5) is 14.7 Å². The van der Waals surface area contributed by atoms with Gasteiger partial charge in [0.1, 0.15) is 30.2 Å². The number of hydrogen-bond donors (Lipinski definition) is 2. The van der Waals surface area contributed by atoms with Gasteiger partial charge < -0.3 is 20.1 Å². The van der Waals surface area contributed by atoms with Gasteiger partial charge in [0.2, 0.25) is 5.95 Å². The Morgan fingerprint density at radius 2 is 1.93 bits per heavy atom. The van der Waals surface area contributed by atoms with Crippen molar-refractivity contribution in [2.24, 2.45) is 0 Å². The predicted molar refractivity (Wildman–Crippen MR) is 153 cm³/mol. The Hall–Kier alpha value is -3.11. The number of aromatic hydroxyl groups is 1. The van der Waals surface area contributed by atoms with E-state index in [2.05, 4.69) is 15.1 Å². The quantitative estimate of drug-likeness (QED) is 0.423. The molecule has 8 nitrogen and oxygen atoms in total. The lowest BCUT2D eigenvalue weighted by atomic mass is 9.94. The SMILES string of the molecule is CCc1c(F)ccc2cc(O)cc(CCc3nc(OC[C@@]45CCCN4C[C@H](F)C5)nc(N4C[C@H]5CC[C@@H](C4)N5)n3)c12. The molecule has 41 heavy (non-hydrogen) atoms. The van der Waals surface area contributed by atoms with Crippen LogP contribution in [0, 0.1) is 5.82 Å². The van der Waals surface area contributed by atoms with Crippen LogP contribution in [0.3, 0.4) is 0 Å². The van der Waals surface area contributed by atoms with Gasteiger partial charge in [-0.15, -0.1) is 0 Å². The molecule has 4 aliphatic heterocycles. The highest BCUT2D eigenvalue weighted by Crippen LogP contribution is 2.40. The molecule has 0 radical (unpaired) electrons. The van der Waals surface area contributed by atoms with Crippen LogP contribution in [-0.4, -0.2) is 81.5 Å². The summed E-state index contributed by atoms with van der Waals surface area (Å²) in [7, 11) is 0. The van der Waals surface area contributed by atoms with Crippen LogP contribution in [0.15, 0.2) is 24.3 Å². The first kappa shape index (κ1) is 26.8. The molecular formula is C31H38F2N6O2. The molecule has 0 amide bonds. The molecule has 2 N–H and O–H groups in total. The standard InChI is InChI=1S/C31H38F2N6O2/c1-2-25-26(33)8-4-19-12-24(40)13-20(28(19)25)5-9-27-35-29(38-16-22-6-7-23(17-38)34-22)37-30(36-27)41-18-31-10-3-11-39(31)15-21(32)14-31/h4,8,12-13,21-23,34,40H,2-3,5-7,9-11,14-18H2,1H3/t21-,22-,23+,31+/m1/s1. The van der Waals surface area contributed by atoms with Gasteiger partial charge in [0, 0.05) is 44.6 Å². The minimum Gasteiger partial charge on any atom is -0.508 e. The Morgan fingerprint density at radius 3 is 2.73 bits per heavy atom. The number of rotatable bonds is 8. The van der Waals surface area contributed by atoms with Gasteiger partial charge in [-0.1, -0.05) is 13.0 Å². The predicted octanol–water partition coefficient (Wildman–Crippen LogP) is 4.11. The third kappa shape index (κ3) is 5.09. The molecule has 1 aromatic heterocycles. The number of fused-ring (bicyclic) bond motifs is 4. The van der Waals surface area contributed by atoms with Crippen LogP contribution in [0.2, 0.25) is 0 Å². The Bertz CT molecular complexity index is 1440. The van der Waals surface area contributed by atoms with Crippen LogP contribution in [0.5, 0.6) is 11.8 Å². The fraction of sp³-hybridized carbons (Fsp3) is 0.581. The van der Waals surface area contributed by atoms with Crippen molar-refractivity contribution >= 4 is 16.7 Å². The lowest BCUT2D eigenvalue weighted by molar-refractivity contribution is 0.107. The summed E-state index contributed by atoms with van der Waals surface area (Å²) in [6.07, 6.45) is 5.47. The Balaban J connectivity index is 1.18. The van der Waals surface area contributed by atoms with E-state index in [1.807, 2.05) is 6.92 Å². The van der Waals surface area contributed by atoms with E-state index >= 15 is 0 Å². The maximum atomic E-state index is 14.7. The molecular weight excluding hydrogens is 526 g/mol. The number of alkyl halides is 1. The first-order valence-corrected chi connectivity index (χ1v) is 15.1. The summed E-state index contributed by atoms with van der Waals surface area (Å²) in [6, 6.07) is 7.70. The number of anilines is 1. The van der Waals surface area contributed by atoms with E-state index in [1.165, 1.54) is 6.07 Å². The highest BCUT2D eigenvalue weighted by atomic mass is 19.1. The van der Waals surface area contributed by atoms with Gasteiger partial charge in [0.15, 0.2) is 0 Å². The lowest BCUT2D eigenvalue weighted by Gasteiger charge is -2.33. The molecule has 5 heterocycles. The first-order chi connectivity index (χ1) is 19.9. The summed E-state index contributed by atoms with van der Waals surface area (Å²) in [6.45, 7) is 5.34. The monoisotopic (exact) mass is 564 g/mol. The molecule has 7 rings (SSSR count). The summed E-state index contributed by atoms with van der Waals surface area (Å²) < 4.78 is 35.4. The number of phenols is 1. The van der Waals surface area contributed by atoms with Crippen molar-refractivity contribution in [2.45, 2.75) is 82.1 Å². The van der Waals surface area contributed by atoms with Gasteiger partial charge in [-0.2, -0.15) is 15.0 Å². The van der Waals surface area contributed by atoms with E-state index in [0.717, 1.165) is 61.7 Å². The highest BCUT2D eigenvalue weighted by molar-refractivity contribution is 5.90. The number of aryl methyl sites for hydroxylation is 3. The zero-order valence-electron chi connectivity index (χ0n) is 23.6. The van der Waals surface area contributed by atoms with Gasteiger partial charge in [-0.05, 0) is 85.2 Å². The van der Waals surface area contributed by atoms with Gasteiger partial charge in [-0.25, -0.2) is 8.78 Å². The van der Waals surface area contributed by atoms with E-state index in [9.17, 15) is 13.9 Å². The number of aromatic nitrogens is 3. The molecule has 0 unspecified atom stereocenters. The second kappa shape index (κ2) is 10.6. The van der Waals surface area contributed by atoms with Crippen LogP contribution in [-0.2, 0) is 19.3 Å². The molecule has 0 aliphatic carbocycles. The molecule has 10 heteroatoms. The van der Waals surface area contributed by atoms with E-state index < -0.39 is 6.17 Å². The van der Waals surface area contributed by atoms with Crippen molar-refractivity contribution < 1.29 is 18.6 Å². The maximum absolute atomic E-state index is 14.7. The van der Waals surface area contributed by atoms with E-state index in [-0.39, 0.29) is 23.1 Å². The summed E-state index contributed by atoms with van der Waals surface area (Å²) in [5.41, 5.74) is 1.22. The minimum absolute atomic E-state index is 0.154. The number of benzene rings is 2. The summed E-state index contributed by atoms with van der Waals surface area (Å²) >= 11 is 0. The lowest BCUT2D eigenvalue weighted by Crippen LogP contribution is -2.51. The van der Waals surface area contributed by atoms with Crippen molar-refractivity contribution in [1.29, 1.82) is 0 Å². The number of halogens is 2. The molecule has 2 bridgehead atoms. The summed E-state index contributed by atoms with van der Waals surface area (Å²) in [5.74, 6) is 1.12. The Labute approximate surface area is 239 Å². The van der Waals surface area contributed by atoms with Crippen molar-refractivity contribution in [3.8, 4) is 11.8 Å². The molecule has 218 valence electrons. The molecule has 3 aromatic rings. The van der Waals surface area contributed by atoms with Gasteiger partial charge in [-0.3, -0.25) is 4.90 Å². The summed E-state index contributed by atoms with van der Waals surface area (Å²) in [5, 5.41) is 15.7. The largest absolute Gasteiger partial charge is 0.508 e. The van der Waals surface area contributed by atoms with E-state index in [1.54, 1.807) is 18.2 Å². The molecule has 0 spiro atoms. The van der Waals surface area contributed by atoms with Crippen LogP contribution in [0.25, 0.3) is 10.8 Å². The van der Waals surface area contributed by atoms with Crippen LogP contribution < -0.4 is 15.0 Å². The first-order valence-electron chi connectivity index (χ1n) is 15.1. The zero-order valence-corrected chi connectivity index (χ0v) is 23.6. The van der Waals surface area contributed by atoms with Crippen LogP contribution in [0.1, 0.15) is 56.0 Å². The van der Waals surface area contributed by atoms with E-state index in [4.69, 9.17) is 19.7 Å². The maximum Gasteiger partial charge on any atom is 0.321 e. The van der Waals surface area contributed by atoms with Crippen molar-refractivity contribution in [2.75, 3.05) is 37.7 Å². The zero-order chi connectivity index (χ0) is 28.1. The molecule has 4 aliphatic rings. The molecule has 4 saturated heterocycles. The van der Waals surface area contributed by atoms with Crippen molar-refractivity contribution in [3.05, 3.63) is 47.0 Å². The number of hydrogen-bond acceptors (Lipinski definition) is 8. The number of piperazine rings is 1. The minimum atomic E-state index is -0.824. The van der Waals surface area contributed by atoms with Gasteiger partial charge in [0.05, 0.1) is 5.54 Å². The van der Waals surface area contributed by atoms with Gasteiger partial charge >= 0.3 is 6.01 Å². The Morgan fingerprint density at radius 1 is 1.10 bits per heavy atom. The highest BCUT2D eigenvalue weighted by Gasteiger charge is 2.49. The number of nitrogens with zero attached hydrogens (tertiary/aromatic N) is 5. The fourth-order valence-electron chi connectivity index (χ4n) is 7.69. The molecule has 4 atom stereocenters. The Kier molecular flexibility index (Phi) is 6.93. The van der Waals surface area contributed by atoms with E-state index in [0.29, 0.717) is 68.3 Å². The second-order valence-corrected chi connectivity index (χ2v) is 12.3. The third-order valence-corrected chi connectivity index (χ3v) is 9.59.